The molecule has 7 heteroatoms. The Morgan fingerprint density at radius 2 is 2.33 bits per heavy atom. The normalized spacial score (nSPS) is 29.6. The number of nitrogens with zero attached hydrogens (tertiary/aromatic N) is 2. The maximum Gasteiger partial charge on any atom is 0.322 e. The SMILES string of the molecule is O=C(O)C1CC2CCC1N2C(=O)Nc1cn[nH]c1. The zero-order chi connectivity index (χ0) is 12.7. The zero-order valence-corrected chi connectivity index (χ0v) is 9.67. The van der Waals surface area contributed by atoms with Gasteiger partial charge in [-0.3, -0.25) is 9.89 Å². The Morgan fingerprint density at radius 1 is 1.50 bits per heavy atom. The van der Waals surface area contributed by atoms with Crippen molar-refractivity contribution in [3.8, 4) is 0 Å². The van der Waals surface area contributed by atoms with Crippen LogP contribution in [0.25, 0.3) is 0 Å². The molecule has 3 heterocycles. The molecule has 2 saturated heterocycles. The molecule has 3 N–H and O–H groups in total. The van der Waals surface area contributed by atoms with E-state index in [1.54, 1.807) is 11.1 Å². The zero-order valence-electron chi connectivity index (χ0n) is 9.67. The fourth-order valence-corrected chi connectivity index (χ4v) is 3.08. The highest BCUT2D eigenvalue weighted by Gasteiger charge is 2.51. The summed E-state index contributed by atoms with van der Waals surface area (Å²) >= 11 is 0. The third-order valence-corrected chi connectivity index (χ3v) is 3.84. The van der Waals surface area contributed by atoms with Crippen LogP contribution in [0.4, 0.5) is 10.5 Å². The summed E-state index contributed by atoms with van der Waals surface area (Å²) in [6.07, 6.45) is 5.35. The summed E-state index contributed by atoms with van der Waals surface area (Å²) in [7, 11) is 0. The molecule has 3 atom stereocenters. The van der Waals surface area contributed by atoms with E-state index in [4.69, 9.17) is 5.11 Å². The van der Waals surface area contributed by atoms with Crippen molar-refractivity contribution in [2.45, 2.75) is 31.3 Å². The van der Waals surface area contributed by atoms with Crippen LogP contribution in [0.2, 0.25) is 0 Å². The Bertz CT molecular complexity index is 473. The lowest BCUT2D eigenvalue weighted by Gasteiger charge is -2.22. The van der Waals surface area contributed by atoms with Gasteiger partial charge in [-0.15, -0.1) is 0 Å². The first kappa shape index (κ1) is 11.1. The van der Waals surface area contributed by atoms with E-state index < -0.39 is 11.9 Å². The lowest BCUT2D eigenvalue weighted by atomic mass is 9.89. The van der Waals surface area contributed by atoms with Crippen molar-refractivity contribution in [3.63, 3.8) is 0 Å². The predicted octanol–water partition coefficient (Wildman–Crippen LogP) is 0.879. The van der Waals surface area contributed by atoms with Crippen LogP contribution in [0.3, 0.4) is 0 Å². The average molecular weight is 250 g/mol. The topological polar surface area (TPSA) is 98.3 Å². The lowest BCUT2D eigenvalue weighted by Crippen LogP contribution is -2.40. The second kappa shape index (κ2) is 4.01. The number of urea groups is 1. The number of carbonyl (C=O) groups excluding carboxylic acids is 1. The van der Waals surface area contributed by atoms with Crippen LogP contribution in [-0.4, -0.2) is 44.3 Å². The molecular weight excluding hydrogens is 236 g/mol. The molecule has 2 bridgehead atoms. The number of aliphatic carboxylic acids is 1. The molecule has 1 aromatic rings. The molecule has 7 nitrogen and oxygen atoms in total. The van der Waals surface area contributed by atoms with Crippen molar-refractivity contribution in [3.05, 3.63) is 12.4 Å². The highest BCUT2D eigenvalue weighted by atomic mass is 16.4. The Balaban J connectivity index is 1.73. The molecule has 3 unspecified atom stereocenters. The molecule has 0 aromatic carbocycles. The monoisotopic (exact) mass is 250 g/mol. The van der Waals surface area contributed by atoms with Gasteiger partial charge in [0.05, 0.1) is 17.8 Å². The van der Waals surface area contributed by atoms with Crippen LogP contribution in [0.1, 0.15) is 19.3 Å². The first-order valence-corrected chi connectivity index (χ1v) is 5.97. The van der Waals surface area contributed by atoms with E-state index in [-0.39, 0.29) is 18.1 Å². The number of amides is 2. The molecule has 0 radical (unpaired) electrons. The average Bonchev–Trinajstić information content (AvgIpc) is 3.02. The molecule has 2 aliphatic heterocycles. The number of carboxylic acids is 1. The number of hydrogen-bond donors (Lipinski definition) is 3. The van der Waals surface area contributed by atoms with Crippen molar-refractivity contribution in [1.29, 1.82) is 0 Å². The molecule has 2 amide bonds. The number of aromatic nitrogens is 2. The van der Waals surface area contributed by atoms with Crippen LogP contribution >= 0.6 is 0 Å². The summed E-state index contributed by atoms with van der Waals surface area (Å²) in [4.78, 5) is 24.9. The molecule has 0 aliphatic carbocycles. The van der Waals surface area contributed by atoms with Gasteiger partial charge in [0.1, 0.15) is 0 Å². The van der Waals surface area contributed by atoms with Gasteiger partial charge < -0.3 is 15.3 Å². The quantitative estimate of drug-likeness (QED) is 0.725. The van der Waals surface area contributed by atoms with E-state index in [1.165, 1.54) is 6.20 Å². The Kier molecular flexibility index (Phi) is 2.46. The summed E-state index contributed by atoms with van der Waals surface area (Å²) in [5.41, 5.74) is 0.596. The number of fused-ring (bicyclic) bond motifs is 2. The van der Waals surface area contributed by atoms with Gasteiger partial charge in [0.15, 0.2) is 0 Å². The summed E-state index contributed by atoms with van der Waals surface area (Å²) in [6, 6.07) is -0.338. The molecule has 96 valence electrons. The van der Waals surface area contributed by atoms with Crippen LogP contribution < -0.4 is 5.32 Å². The van der Waals surface area contributed by atoms with E-state index in [2.05, 4.69) is 15.5 Å². The van der Waals surface area contributed by atoms with Gasteiger partial charge in [-0.25, -0.2) is 4.79 Å². The fourth-order valence-electron chi connectivity index (χ4n) is 3.08. The first-order valence-electron chi connectivity index (χ1n) is 5.97. The number of aromatic amines is 1. The Morgan fingerprint density at radius 3 is 2.94 bits per heavy atom. The number of hydrogen-bond acceptors (Lipinski definition) is 3. The summed E-state index contributed by atoms with van der Waals surface area (Å²) in [5, 5.41) is 18.2. The minimum absolute atomic E-state index is 0.0583. The van der Waals surface area contributed by atoms with Gasteiger partial charge in [-0.1, -0.05) is 0 Å². The number of carboxylic acid groups (broad SMARTS) is 1. The lowest BCUT2D eigenvalue weighted by molar-refractivity contribution is -0.142. The first-order chi connectivity index (χ1) is 8.66. The Hall–Kier alpha value is -2.05. The number of H-pyrrole nitrogens is 1. The van der Waals surface area contributed by atoms with E-state index in [0.717, 1.165) is 12.8 Å². The van der Waals surface area contributed by atoms with E-state index in [0.29, 0.717) is 12.1 Å². The van der Waals surface area contributed by atoms with E-state index >= 15 is 0 Å². The number of anilines is 1. The molecular formula is C11H14N4O3. The Labute approximate surface area is 103 Å². The molecule has 1 aromatic heterocycles. The van der Waals surface area contributed by atoms with Gasteiger partial charge in [0.25, 0.3) is 0 Å². The summed E-state index contributed by atoms with van der Waals surface area (Å²) in [6.45, 7) is 0. The third kappa shape index (κ3) is 1.62. The third-order valence-electron chi connectivity index (χ3n) is 3.84. The number of nitrogens with one attached hydrogen (secondary N) is 2. The van der Waals surface area contributed by atoms with Crippen molar-refractivity contribution in [1.82, 2.24) is 15.1 Å². The van der Waals surface area contributed by atoms with Gasteiger partial charge in [0.2, 0.25) is 0 Å². The largest absolute Gasteiger partial charge is 0.481 e. The van der Waals surface area contributed by atoms with Crippen molar-refractivity contribution in [2.75, 3.05) is 5.32 Å². The molecule has 18 heavy (non-hydrogen) atoms. The van der Waals surface area contributed by atoms with Crippen molar-refractivity contribution >= 4 is 17.7 Å². The minimum Gasteiger partial charge on any atom is -0.481 e. The number of carbonyl (C=O) groups is 2. The molecule has 2 aliphatic rings. The van der Waals surface area contributed by atoms with Gasteiger partial charge in [-0.05, 0) is 19.3 Å². The highest BCUT2D eigenvalue weighted by Crippen LogP contribution is 2.41. The second-order valence-electron chi connectivity index (χ2n) is 4.80. The number of rotatable bonds is 2. The van der Waals surface area contributed by atoms with Gasteiger partial charge >= 0.3 is 12.0 Å². The molecule has 3 rings (SSSR count). The summed E-state index contributed by atoms with van der Waals surface area (Å²) in [5.74, 6) is -1.22. The minimum atomic E-state index is -0.802. The molecule has 0 spiro atoms. The van der Waals surface area contributed by atoms with Crippen molar-refractivity contribution < 1.29 is 14.7 Å². The van der Waals surface area contributed by atoms with Gasteiger partial charge in [0, 0.05) is 18.3 Å². The molecule has 2 fully saturated rings. The second-order valence-corrected chi connectivity index (χ2v) is 4.80. The van der Waals surface area contributed by atoms with Crippen molar-refractivity contribution in [2.24, 2.45) is 5.92 Å². The van der Waals surface area contributed by atoms with Gasteiger partial charge in [-0.2, -0.15) is 5.10 Å². The van der Waals surface area contributed by atoms with E-state index in [1.807, 2.05) is 0 Å². The van der Waals surface area contributed by atoms with Crippen LogP contribution in [0.5, 0.6) is 0 Å². The maximum atomic E-state index is 12.1. The van der Waals surface area contributed by atoms with Crippen LogP contribution in [0, 0.1) is 5.92 Å². The smallest absolute Gasteiger partial charge is 0.322 e. The standard InChI is InChI=1S/C11H14N4O3/c16-10(17)8-3-7-1-2-9(8)15(7)11(18)14-6-4-12-13-5-6/h4-5,7-9H,1-3H2,(H,12,13)(H,14,18)(H,16,17). The highest BCUT2D eigenvalue weighted by molar-refractivity contribution is 5.90. The maximum absolute atomic E-state index is 12.1. The summed E-state index contributed by atoms with van der Waals surface area (Å²) < 4.78 is 0. The van der Waals surface area contributed by atoms with Crippen LogP contribution in [-0.2, 0) is 4.79 Å². The van der Waals surface area contributed by atoms with E-state index in [9.17, 15) is 9.59 Å². The fraction of sp³-hybridized carbons (Fsp3) is 0.545. The predicted molar refractivity (Wildman–Crippen MR) is 62.0 cm³/mol. The molecule has 0 saturated carbocycles. The van der Waals surface area contributed by atoms with Crippen LogP contribution in [0.15, 0.2) is 12.4 Å².